The lowest BCUT2D eigenvalue weighted by molar-refractivity contribution is 0.228. The fourth-order valence-electron chi connectivity index (χ4n) is 2.98. The Morgan fingerprint density at radius 2 is 0.964 bits per heavy atom. The summed E-state index contributed by atoms with van der Waals surface area (Å²) in [4.78, 5) is 0. The molecule has 0 aliphatic heterocycles. The van der Waals surface area contributed by atoms with E-state index in [4.69, 9.17) is 9.47 Å². The zero-order valence-corrected chi connectivity index (χ0v) is 19.4. The van der Waals surface area contributed by atoms with Crippen molar-refractivity contribution in [1.29, 1.82) is 0 Å². The van der Waals surface area contributed by atoms with Gasteiger partial charge in [0.25, 0.3) is 0 Å². The molecule has 0 fully saturated rings. The van der Waals surface area contributed by atoms with E-state index < -0.39 is 0 Å². The Bertz CT molecular complexity index is 742. The van der Waals surface area contributed by atoms with Gasteiger partial charge in [-0.15, -0.1) is 0 Å². The van der Waals surface area contributed by atoms with Crippen LogP contribution in [-0.2, 0) is 10.8 Å². The van der Waals surface area contributed by atoms with Gasteiger partial charge in [-0.2, -0.15) is 0 Å². The number of hydrogen-bond acceptors (Lipinski definition) is 2. The zero-order chi connectivity index (χ0) is 21.3. The Hall–Kier alpha value is -1.96. The fraction of sp³-hybridized carbons (Fsp3) is 0.538. The minimum absolute atomic E-state index is 0.0748. The van der Waals surface area contributed by atoms with Crippen molar-refractivity contribution in [3.8, 4) is 22.6 Å². The van der Waals surface area contributed by atoms with Crippen LogP contribution < -0.4 is 9.47 Å². The maximum atomic E-state index is 5.96. The summed E-state index contributed by atoms with van der Waals surface area (Å²) in [5.41, 5.74) is 5.10. The van der Waals surface area contributed by atoms with Gasteiger partial charge in [-0.25, -0.2) is 0 Å². The first-order valence-electron chi connectivity index (χ1n) is 10.3. The molecule has 0 aliphatic rings. The predicted octanol–water partition coefficient (Wildman–Crippen LogP) is 7.32. The van der Waals surface area contributed by atoms with Crippen LogP contribution in [0.5, 0.6) is 11.5 Å². The maximum Gasteiger partial charge on any atom is 0.132 e. The molecule has 1 radical (unpaired) electrons. The third-order valence-electron chi connectivity index (χ3n) is 4.54. The highest BCUT2D eigenvalue weighted by Gasteiger charge is 2.21. The van der Waals surface area contributed by atoms with E-state index in [9.17, 15) is 0 Å². The van der Waals surface area contributed by atoms with E-state index in [1.807, 2.05) is 27.7 Å². The Morgan fingerprint density at radius 1 is 0.607 bits per heavy atom. The van der Waals surface area contributed by atoms with E-state index in [1.165, 1.54) is 16.7 Å². The smallest absolute Gasteiger partial charge is 0.132 e. The average Bonchev–Trinajstić information content (AvgIpc) is 2.51. The van der Waals surface area contributed by atoms with Gasteiger partial charge in [0, 0.05) is 0 Å². The van der Waals surface area contributed by atoms with Crippen molar-refractivity contribution in [1.82, 2.24) is 0 Å². The number of benzene rings is 2. The topological polar surface area (TPSA) is 18.5 Å². The van der Waals surface area contributed by atoms with Crippen LogP contribution in [0.15, 0.2) is 30.3 Å². The molecule has 0 aliphatic carbocycles. The second-order valence-corrected chi connectivity index (χ2v) is 10.2. The van der Waals surface area contributed by atoms with Gasteiger partial charge < -0.3 is 9.47 Å². The highest BCUT2D eigenvalue weighted by molar-refractivity contribution is 5.69. The Morgan fingerprint density at radius 3 is 1.29 bits per heavy atom. The highest BCUT2D eigenvalue weighted by atomic mass is 16.5. The van der Waals surface area contributed by atoms with Gasteiger partial charge in [-0.1, -0.05) is 59.7 Å². The monoisotopic (exact) mass is 381 g/mol. The van der Waals surface area contributed by atoms with Crippen LogP contribution in [0.4, 0.5) is 0 Å². The summed E-state index contributed by atoms with van der Waals surface area (Å²) in [5.74, 6) is 1.45. The lowest BCUT2D eigenvalue weighted by Crippen LogP contribution is -2.16. The number of rotatable bonds is 5. The summed E-state index contributed by atoms with van der Waals surface area (Å²) in [7, 11) is 0. The first-order chi connectivity index (χ1) is 12.8. The van der Waals surface area contributed by atoms with Crippen LogP contribution in [0, 0.1) is 6.07 Å². The number of hydrogen-bond donors (Lipinski definition) is 0. The minimum atomic E-state index is 0.0748. The quantitative estimate of drug-likeness (QED) is 0.540. The number of ether oxygens (including phenoxy) is 2. The van der Waals surface area contributed by atoms with E-state index in [0.717, 1.165) is 17.1 Å². The molecule has 0 spiro atoms. The van der Waals surface area contributed by atoms with Crippen molar-refractivity contribution in [2.24, 2.45) is 0 Å². The van der Waals surface area contributed by atoms with E-state index in [0.29, 0.717) is 0 Å². The second-order valence-electron chi connectivity index (χ2n) is 10.2. The molecule has 0 amide bonds. The van der Waals surface area contributed by atoms with Crippen molar-refractivity contribution < 1.29 is 9.47 Å². The zero-order valence-electron chi connectivity index (χ0n) is 19.4. The van der Waals surface area contributed by atoms with Crippen LogP contribution in [0.25, 0.3) is 11.1 Å². The van der Waals surface area contributed by atoms with E-state index in [1.54, 1.807) is 0 Å². The van der Waals surface area contributed by atoms with E-state index in [-0.39, 0.29) is 23.0 Å². The first-order valence-corrected chi connectivity index (χ1v) is 10.3. The SMILES string of the molecule is CC(C)Oc1[c]c(OC(C)C)cc(-c2cc(C(C)(C)C)cc(C(C)(C)C)c2)c1. The van der Waals surface area contributed by atoms with Gasteiger partial charge in [0.15, 0.2) is 0 Å². The summed E-state index contributed by atoms with van der Waals surface area (Å²) in [6.45, 7) is 21.7. The van der Waals surface area contributed by atoms with Gasteiger partial charge in [0.1, 0.15) is 11.5 Å². The Kier molecular flexibility index (Phi) is 6.53. The first kappa shape index (κ1) is 22.3. The van der Waals surface area contributed by atoms with E-state index in [2.05, 4.69) is 77.9 Å². The largest absolute Gasteiger partial charge is 0.490 e. The Balaban J connectivity index is 2.67. The van der Waals surface area contributed by atoms with Crippen LogP contribution in [0.2, 0.25) is 0 Å². The lowest BCUT2D eigenvalue weighted by Gasteiger charge is -2.26. The molecular formula is C26H37O2. The van der Waals surface area contributed by atoms with Crippen molar-refractivity contribution in [2.45, 2.75) is 92.3 Å². The molecule has 2 rings (SSSR count). The van der Waals surface area contributed by atoms with Crippen molar-refractivity contribution in [3.05, 3.63) is 47.5 Å². The molecule has 0 saturated carbocycles. The van der Waals surface area contributed by atoms with Gasteiger partial charge in [-0.3, -0.25) is 0 Å². The van der Waals surface area contributed by atoms with Crippen molar-refractivity contribution in [3.63, 3.8) is 0 Å². The van der Waals surface area contributed by atoms with Crippen molar-refractivity contribution in [2.75, 3.05) is 0 Å². The van der Waals surface area contributed by atoms with Crippen LogP contribution in [0.3, 0.4) is 0 Å². The summed E-state index contributed by atoms with van der Waals surface area (Å²) < 4.78 is 11.9. The summed E-state index contributed by atoms with van der Waals surface area (Å²) in [6.07, 6.45) is 0.175. The van der Waals surface area contributed by atoms with E-state index >= 15 is 0 Å². The molecule has 0 heterocycles. The van der Waals surface area contributed by atoms with Gasteiger partial charge in [0.05, 0.1) is 18.3 Å². The average molecular weight is 382 g/mol. The lowest BCUT2D eigenvalue weighted by atomic mass is 9.79. The molecule has 153 valence electrons. The third-order valence-corrected chi connectivity index (χ3v) is 4.54. The molecular weight excluding hydrogens is 344 g/mol. The molecule has 2 aromatic rings. The standard InChI is InChI=1S/C26H37O2/c1-17(2)27-23-13-20(14-24(16-23)28-18(3)4)19-11-21(25(5,6)7)15-22(12-19)26(8,9)10/h11-15,17-18H,1-10H3. The summed E-state index contributed by atoms with van der Waals surface area (Å²) >= 11 is 0. The molecule has 28 heavy (non-hydrogen) atoms. The third kappa shape index (κ3) is 6.02. The maximum absolute atomic E-state index is 5.96. The molecule has 0 N–H and O–H groups in total. The summed E-state index contributed by atoms with van der Waals surface area (Å²) in [5, 5.41) is 0. The molecule has 0 bridgehead atoms. The molecule has 2 aromatic carbocycles. The van der Waals surface area contributed by atoms with Gasteiger partial charge >= 0.3 is 0 Å². The minimum Gasteiger partial charge on any atom is -0.490 e. The van der Waals surface area contributed by atoms with Crippen molar-refractivity contribution >= 4 is 0 Å². The van der Waals surface area contributed by atoms with Crippen LogP contribution >= 0.6 is 0 Å². The molecule has 2 nitrogen and oxygen atoms in total. The second kappa shape index (κ2) is 8.19. The normalized spacial score (nSPS) is 12.6. The highest BCUT2D eigenvalue weighted by Crippen LogP contribution is 2.36. The van der Waals surface area contributed by atoms with Gasteiger partial charge in [0.2, 0.25) is 0 Å². The molecule has 0 atom stereocenters. The predicted molar refractivity (Wildman–Crippen MR) is 120 cm³/mol. The van der Waals surface area contributed by atoms with Crippen LogP contribution in [-0.4, -0.2) is 12.2 Å². The Labute approximate surface area is 172 Å². The molecule has 0 aromatic heterocycles. The fourth-order valence-corrected chi connectivity index (χ4v) is 2.98. The summed E-state index contributed by atoms with van der Waals surface area (Å²) in [6, 6.07) is 14.3. The van der Waals surface area contributed by atoms with Gasteiger partial charge in [-0.05, 0) is 72.9 Å². The molecule has 2 heteroatoms. The molecule has 0 unspecified atom stereocenters. The van der Waals surface area contributed by atoms with Crippen LogP contribution in [0.1, 0.15) is 80.4 Å². The molecule has 0 saturated heterocycles.